The third kappa shape index (κ3) is 3.07. The van der Waals surface area contributed by atoms with Crippen molar-refractivity contribution in [3.63, 3.8) is 0 Å². The zero-order valence-electron chi connectivity index (χ0n) is 15.7. The minimum absolute atomic E-state index is 0.599. The molecule has 1 aliphatic rings. The van der Waals surface area contributed by atoms with Crippen LogP contribution in [0.5, 0.6) is 5.75 Å². The molecule has 0 unspecified atom stereocenters. The molecule has 0 amide bonds. The van der Waals surface area contributed by atoms with Crippen LogP contribution in [0.3, 0.4) is 0 Å². The normalized spacial score (nSPS) is 14.0. The Balaban J connectivity index is 1.47. The van der Waals surface area contributed by atoms with Crippen LogP contribution in [0.25, 0.3) is 17.0 Å². The molecule has 0 radical (unpaired) electrons. The average molecular weight is 371 g/mol. The summed E-state index contributed by atoms with van der Waals surface area (Å²) in [6.07, 6.45) is 9.44. The minimum Gasteiger partial charge on any atom is -0.497 e. The highest BCUT2D eigenvalue weighted by molar-refractivity contribution is 5.63. The number of fused-ring (bicyclic) bond motifs is 1. The monoisotopic (exact) mass is 371 g/mol. The molecule has 0 aliphatic heterocycles. The first-order valence-electron chi connectivity index (χ1n) is 9.52. The van der Waals surface area contributed by atoms with Gasteiger partial charge in [-0.3, -0.25) is 9.38 Å². The molecule has 140 valence electrons. The molecule has 6 heteroatoms. The fourth-order valence-corrected chi connectivity index (χ4v) is 3.51. The number of methoxy groups -OCH3 is 1. The second kappa shape index (κ2) is 6.96. The molecule has 1 saturated carbocycles. The molecule has 1 aliphatic carbocycles. The molecule has 0 bridgehead atoms. The Labute approximate surface area is 163 Å². The van der Waals surface area contributed by atoms with Crippen molar-refractivity contribution in [1.82, 2.24) is 19.4 Å². The van der Waals surface area contributed by atoms with Crippen LogP contribution >= 0.6 is 0 Å². The third-order valence-corrected chi connectivity index (χ3v) is 5.29. The number of ether oxygens (including phenoxy) is 1. The topological polar surface area (TPSA) is 64.3 Å². The van der Waals surface area contributed by atoms with Gasteiger partial charge in [0.2, 0.25) is 0 Å². The highest BCUT2D eigenvalue weighted by atomic mass is 16.5. The average Bonchev–Trinajstić information content (AvgIpc) is 3.10. The first kappa shape index (κ1) is 16.7. The Morgan fingerprint density at radius 1 is 1.04 bits per heavy atom. The maximum absolute atomic E-state index is 5.20. The molecule has 1 aromatic carbocycles. The number of nitrogens with zero attached hydrogens (tertiary/aromatic N) is 4. The van der Waals surface area contributed by atoms with E-state index in [1.807, 2.05) is 36.4 Å². The second-order valence-electron chi connectivity index (χ2n) is 7.08. The van der Waals surface area contributed by atoms with Crippen LogP contribution in [0, 0.1) is 0 Å². The summed E-state index contributed by atoms with van der Waals surface area (Å²) < 4.78 is 7.32. The molecule has 3 heterocycles. The summed E-state index contributed by atoms with van der Waals surface area (Å²) in [5.74, 6) is 2.11. The van der Waals surface area contributed by atoms with Gasteiger partial charge in [-0.25, -0.2) is 9.97 Å². The van der Waals surface area contributed by atoms with Crippen LogP contribution < -0.4 is 10.1 Å². The van der Waals surface area contributed by atoms with Crippen molar-refractivity contribution in [1.29, 1.82) is 0 Å². The molecule has 5 rings (SSSR count). The van der Waals surface area contributed by atoms with Crippen LogP contribution in [-0.4, -0.2) is 26.5 Å². The lowest BCUT2D eigenvalue weighted by molar-refractivity contribution is 0.412. The lowest BCUT2D eigenvalue weighted by Crippen LogP contribution is -2.08. The number of rotatable bonds is 5. The zero-order chi connectivity index (χ0) is 18.9. The molecule has 0 saturated heterocycles. The summed E-state index contributed by atoms with van der Waals surface area (Å²) in [6, 6.07) is 13.8. The van der Waals surface area contributed by atoms with Gasteiger partial charge in [0.1, 0.15) is 22.9 Å². The number of benzene rings is 1. The smallest absolute Gasteiger partial charge is 0.149 e. The van der Waals surface area contributed by atoms with Gasteiger partial charge in [-0.1, -0.05) is 12.5 Å². The Bertz CT molecular complexity index is 1120. The zero-order valence-corrected chi connectivity index (χ0v) is 15.7. The standard InChI is InChI=1S/C22H21N5O/c1-28-17-10-8-16(9-11-17)24-21-13-23-12-18(25-21)20-6-3-7-22-26-19(14-27(20)22)15-4-2-5-15/h3,6-15H,2,4-5H2,1H3,(H,24,25). The second-order valence-corrected chi connectivity index (χ2v) is 7.08. The van der Waals surface area contributed by atoms with Gasteiger partial charge in [-0.2, -0.15) is 0 Å². The van der Waals surface area contributed by atoms with Crippen molar-refractivity contribution >= 4 is 17.2 Å². The van der Waals surface area contributed by atoms with Crippen LogP contribution in [-0.2, 0) is 0 Å². The molecule has 0 spiro atoms. The summed E-state index contributed by atoms with van der Waals surface area (Å²) in [5, 5.41) is 3.30. The number of anilines is 2. The fourth-order valence-electron chi connectivity index (χ4n) is 3.51. The largest absolute Gasteiger partial charge is 0.497 e. The van der Waals surface area contributed by atoms with Crippen LogP contribution in [0.15, 0.2) is 61.1 Å². The molecule has 1 fully saturated rings. The van der Waals surface area contributed by atoms with Crippen molar-refractivity contribution in [3.05, 3.63) is 66.7 Å². The lowest BCUT2D eigenvalue weighted by atomic mass is 9.83. The highest BCUT2D eigenvalue weighted by Gasteiger charge is 2.22. The number of pyridine rings is 1. The van der Waals surface area contributed by atoms with Crippen LogP contribution in [0.1, 0.15) is 30.9 Å². The molecular weight excluding hydrogens is 350 g/mol. The van der Waals surface area contributed by atoms with E-state index in [-0.39, 0.29) is 0 Å². The van der Waals surface area contributed by atoms with Gasteiger partial charge in [0.05, 0.1) is 30.9 Å². The number of nitrogens with one attached hydrogen (secondary N) is 1. The van der Waals surface area contributed by atoms with E-state index in [1.165, 1.54) is 25.0 Å². The van der Waals surface area contributed by atoms with Crippen molar-refractivity contribution in [2.45, 2.75) is 25.2 Å². The number of imidazole rings is 1. The van der Waals surface area contributed by atoms with Crippen LogP contribution in [0.2, 0.25) is 0 Å². The van der Waals surface area contributed by atoms with E-state index in [0.29, 0.717) is 11.7 Å². The van der Waals surface area contributed by atoms with Crippen molar-refractivity contribution < 1.29 is 4.74 Å². The Morgan fingerprint density at radius 3 is 2.64 bits per heavy atom. The van der Waals surface area contributed by atoms with Gasteiger partial charge in [0.25, 0.3) is 0 Å². The van der Waals surface area contributed by atoms with E-state index in [4.69, 9.17) is 14.7 Å². The van der Waals surface area contributed by atoms with E-state index < -0.39 is 0 Å². The van der Waals surface area contributed by atoms with Gasteiger partial charge in [-0.05, 0) is 49.2 Å². The first-order valence-corrected chi connectivity index (χ1v) is 9.52. The van der Waals surface area contributed by atoms with Crippen molar-refractivity contribution in [2.75, 3.05) is 12.4 Å². The molecule has 6 nitrogen and oxygen atoms in total. The number of hydrogen-bond donors (Lipinski definition) is 1. The molecular formula is C22H21N5O. The number of aromatic nitrogens is 4. The van der Waals surface area contributed by atoms with E-state index in [2.05, 4.69) is 27.0 Å². The molecule has 3 aromatic heterocycles. The van der Waals surface area contributed by atoms with E-state index in [1.54, 1.807) is 19.5 Å². The summed E-state index contributed by atoms with van der Waals surface area (Å²) in [6.45, 7) is 0. The summed E-state index contributed by atoms with van der Waals surface area (Å²) >= 11 is 0. The number of hydrogen-bond acceptors (Lipinski definition) is 5. The van der Waals surface area contributed by atoms with E-state index in [9.17, 15) is 0 Å². The minimum atomic E-state index is 0.599. The lowest BCUT2D eigenvalue weighted by Gasteiger charge is -2.22. The Kier molecular flexibility index (Phi) is 4.16. The van der Waals surface area contributed by atoms with Gasteiger partial charge in [0, 0.05) is 17.8 Å². The Morgan fingerprint density at radius 2 is 1.89 bits per heavy atom. The van der Waals surface area contributed by atoms with E-state index >= 15 is 0 Å². The maximum Gasteiger partial charge on any atom is 0.149 e. The quantitative estimate of drug-likeness (QED) is 0.545. The molecule has 0 atom stereocenters. The third-order valence-electron chi connectivity index (χ3n) is 5.29. The summed E-state index contributed by atoms with van der Waals surface area (Å²) in [7, 11) is 1.66. The first-order chi connectivity index (χ1) is 13.8. The highest BCUT2D eigenvalue weighted by Crippen LogP contribution is 2.36. The maximum atomic E-state index is 5.20. The van der Waals surface area contributed by atoms with Crippen LogP contribution in [0.4, 0.5) is 11.5 Å². The molecule has 28 heavy (non-hydrogen) atoms. The van der Waals surface area contributed by atoms with Crippen molar-refractivity contribution in [3.8, 4) is 17.1 Å². The summed E-state index contributed by atoms with van der Waals surface area (Å²) in [5.41, 5.74) is 4.86. The molecule has 1 N–H and O–H groups in total. The predicted octanol–water partition coefficient (Wildman–Crippen LogP) is 4.81. The van der Waals surface area contributed by atoms with Gasteiger partial charge in [-0.15, -0.1) is 0 Å². The van der Waals surface area contributed by atoms with Gasteiger partial charge >= 0.3 is 0 Å². The SMILES string of the molecule is COc1ccc(Nc2cncc(-c3cccc4nc(C5CCC5)cn34)n2)cc1. The van der Waals surface area contributed by atoms with Gasteiger partial charge in [0.15, 0.2) is 0 Å². The van der Waals surface area contributed by atoms with Crippen molar-refractivity contribution in [2.24, 2.45) is 0 Å². The summed E-state index contributed by atoms with van der Waals surface area (Å²) in [4.78, 5) is 14.0. The predicted molar refractivity (Wildman–Crippen MR) is 109 cm³/mol. The Hall–Kier alpha value is -3.41. The molecule has 4 aromatic rings. The fraction of sp³-hybridized carbons (Fsp3) is 0.227. The van der Waals surface area contributed by atoms with Gasteiger partial charge < -0.3 is 10.1 Å². The van der Waals surface area contributed by atoms with E-state index in [0.717, 1.165) is 28.5 Å².